The number of benzene rings is 3. The van der Waals surface area contributed by atoms with Gasteiger partial charge in [-0.05, 0) is 29.2 Å². The lowest BCUT2D eigenvalue weighted by Gasteiger charge is -2.28. The second-order valence-corrected chi connectivity index (χ2v) is 11.9. The summed E-state index contributed by atoms with van der Waals surface area (Å²) >= 11 is 1.63. The molecule has 0 saturated heterocycles. The van der Waals surface area contributed by atoms with Gasteiger partial charge in [0.2, 0.25) is 5.91 Å². The summed E-state index contributed by atoms with van der Waals surface area (Å²) in [5.74, 6) is -0.0788. The number of carbonyl (C=O) groups excluding carboxylic acids is 2. The number of nitrogens with one attached hydrogen (secondary N) is 2. The average molecular weight is 606 g/mol. The minimum absolute atomic E-state index is 0.0209. The van der Waals surface area contributed by atoms with Crippen molar-refractivity contribution in [3.63, 3.8) is 0 Å². The molecule has 9 heteroatoms. The van der Waals surface area contributed by atoms with Gasteiger partial charge in [-0.3, -0.25) is 14.6 Å². The Morgan fingerprint density at radius 1 is 1.00 bits per heavy atom. The summed E-state index contributed by atoms with van der Waals surface area (Å²) in [6, 6.07) is 24.1. The number of ketones is 1. The summed E-state index contributed by atoms with van der Waals surface area (Å²) in [5.41, 5.74) is 7.80. The van der Waals surface area contributed by atoms with Crippen LogP contribution < -0.4 is 15.4 Å². The minimum Gasteiger partial charge on any atom is -0.492 e. The van der Waals surface area contributed by atoms with Crippen molar-refractivity contribution in [2.75, 3.05) is 13.7 Å². The molecule has 3 aromatic carbocycles. The van der Waals surface area contributed by atoms with E-state index in [4.69, 9.17) is 4.74 Å². The van der Waals surface area contributed by atoms with E-state index >= 15 is 0 Å². The van der Waals surface area contributed by atoms with Gasteiger partial charge in [0.1, 0.15) is 5.75 Å². The molecule has 0 bridgehead atoms. The van der Waals surface area contributed by atoms with Crippen LogP contribution in [0.4, 0.5) is 0 Å². The molecule has 224 valence electrons. The van der Waals surface area contributed by atoms with E-state index in [1.165, 1.54) is 11.1 Å². The van der Waals surface area contributed by atoms with Gasteiger partial charge in [0, 0.05) is 62.9 Å². The topological polar surface area (TPSA) is 98.1 Å². The monoisotopic (exact) mass is 605 g/mol. The molecule has 1 aliphatic heterocycles. The first-order valence-electron chi connectivity index (χ1n) is 14.8. The average Bonchev–Trinajstić information content (AvgIpc) is 3.76. The molecular formula is C35H35N5O3S. The van der Waals surface area contributed by atoms with Gasteiger partial charge in [0.05, 0.1) is 34.6 Å². The molecule has 44 heavy (non-hydrogen) atoms. The van der Waals surface area contributed by atoms with Crippen molar-refractivity contribution in [3.05, 3.63) is 125 Å². The van der Waals surface area contributed by atoms with Crippen LogP contribution in [0, 0.1) is 5.92 Å². The number of hydrogen-bond acceptors (Lipinski definition) is 7. The maximum absolute atomic E-state index is 13.6. The van der Waals surface area contributed by atoms with E-state index in [0.29, 0.717) is 30.9 Å². The lowest BCUT2D eigenvalue weighted by molar-refractivity contribution is -0.124. The molecule has 2 atom stereocenters. The molecule has 0 fully saturated rings. The van der Waals surface area contributed by atoms with Crippen LogP contribution in [0.1, 0.15) is 51.6 Å². The van der Waals surface area contributed by atoms with Crippen molar-refractivity contribution >= 4 is 23.0 Å². The number of thiazole rings is 1. The summed E-state index contributed by atoms with van der Waals surface area (Å²) in [6.45, 7) is 1.85. The maximum atomic E-state index is 13.6. The normalized spacial score (nSPS) is 14.8. The Morgan fingerprint density at radius 2 is 1.84 bits per heavy atom. The minimum atomic E-state index is -0.465. The van der Waals surface area contributed by atoms with E-state index in [1.807, 2.05) is 72.8 Å². The number of rotatable bonds is 12. The maximum Gasteiger partial charge on any atom is 0.223 e. The third-order valence-electron chi connectivity index (χ3n) is 8.10. The largest absolute Gasteiger partial charge is 0.492 e. The molecule has 1 amide bonds. The van der Waals surface area contributed by atoms with Crippen molar-refractivity contribution in [1.29, 1.82) is 0 Å². The first-order valence-corrected chi connectivity index (χ1v) is 15.7. The van der Waals surface area contributed by atoms with Gasteiger partial charge in [-0.15, -0.1) is 11.3 Å². The van der Waals surface area contributed by atoms with Crippen molar-refractivity contribution in [2.24, 2.45) is 5.92 Å². The molecular weight excluding hydrogens is 570 g/mol. The van der Waals surface area contributed by atoms with Crippen molar-refractivity contribution in [2.45, 2.75) is 38.4 Å². The fourth-order valence-corrected chi connectivity index (χ4v) is 6.37. The lowest BCUT2D eigenvalue weighted by Crippen LogP contribution is -2.31. The Morgan fingerprint density at radius 3 is 2.61 bits per heavy atom. The van der Waals surface area contributed by atoms with Gasteiger partial charge in [-0.1, -0.05) is 66.7 Å². The zero-order chi connectivity index (χ0) is 30.3. The molecule has 2 N–H and O–H groups in total. The third kappa shape index (κ3) is 6.79. The Kier molecular flexibility index (Phi) is 9.24. The molecule has 6 rings (SSSR count). The third-order valence-corrected chi connectivity index (χ3v) is 8.92. The van der Waals surface area contributed by atoms with Crippen LogP contribution in [0.15, 0.2) is 97.0 Å². The van der Waals surface area contributed by atoms with Crippen LogP contribution in [0.25, 0.3) is 10.4 Å². The van der Waals surface area contributed by atoms with E-state index < -0.39 is 5.92 Å². The Balaban J connectivity index is 1.13. The van der Waals surface area contributed by atoms with Crippen LogP contribution in [0.5, 0.6) is 5.75 Å². The number of nitrogens with zero attached hydrogens (tertiary/aromatic N) is 3. The highest BCUT2D eigenvalue weighted by Crippen LogP contribution is 2.36. The van der Waals surface area contributed by atoms with Crippen molar-refractivity contribution in [3.8, 4) is 16.2 Å². The fourth-order valence-electron chi connectivity index (χ4n) is 5.75. The molecule has 2 aromatic heterocycles. The molecule has 8 nitrogen and oxygen atoms in total. The summed E-state index contributed by atoms with van der Waals surface area (Å²) in [6.07, 6.45) is 7.03. The standard InChI is InChI=1S/C35H35N5O3S/c1-36-35(42)27(16-24-6-3-2-4-7-24)17-32(41)30-9-5-8-29-31(14-15-43-34(29)30)39-19-28-18-37-22-40(28)21-25-10-12-26(13-11-25)33-20-38-23-44-33/h2-13,18,20,22-23,27,31,39H,14-17,19,21H2,1H3,(H,36,42)/t27-,31?/m1/s1. The van der Waals surface area contributed by atoms with Crippen LogP contribution in [0.2, 0.25) is 0 Å². The van der Waals surface area contributed by atoms with Gasteiger partial charge in [-0.25, -0.2) is 4.98 Å². The van der Waals surface area contributed by atoms with E-state index in [-0.39, 0.29) is 24.2 Å². The number of amides is 1. The van der Waals surface area contributed by atoms with Crippen LogP contribution in [0.3, 0.4) is 0 Å². The van der Waals surface area contributed by atoms with Crippen molar-refractivity contribution < 1.29 is 14.3 Å². The van der Waals surface area contributed by atoms with E-state index in [1.54, 1.807) is 18.4 Å². The molecule has 1 unspecified atom stereocenters. The van der Waals surface area contributed by atoms with Gasteiger partial charge >= 0.3 is 0 Å². The SMILES string of the molecule is CNC(=O)[C@@H](CC(=O)c1cccc2c1OCCC2NCc1cncn1Cc1ccc(-c2cncs2)cc1)Cc1ccccc1. The highest BCUT2D eigenvalue weighted by atomic mass is 32.1. The summed E-state index contributed by atoms with van der Waals surface area (Å²) in [4.78, 5) is 36.1. The molecule has 3 heterocycles. The van der Waals surface area contributed by atoms with E-state index in [0.717, 1.165) is 34.7 Å². The number of carbonyl (C=O) groups is 2. The number of ether oxygens (including phenoxy) is 1. The van der Waals surface area contributed by atoms with Gasteiger partial charge in [-0.2, -0.15) is 0 Å². The number of aromatic nitrogens is 3. The Hall–Kier alpha value is -4.60. The zero-order valence-corrected chi connectivity index (χ0v) is 25.4. The van der Waals surface area contributed by atoms with E-state index in [9.17, 15) is 9.59 Å². The number of para-hydroxylation sites is 1. The first kappa shape index (κ1) is 29.5. The van der Waals surface area contributed by atoms with Gasteiger partial charge in [0.25, 0.3) is 0 Å². The highest BCUT2D eigenvalue weighted by Gasteiger charge is 2.29. The summed E-state index contributed by atoms with van der Waals surface area (Å²) in [5, 5.41) is 6.41. The molecule has 0 spiro atoms. The highest BCUT2D eigenvalue weighted by molar-refractivity contribution is 7.13. The van der Waals surface area contributed by atoms with E-state index in [2.05, 4.69) is 49.4 Å². The zero-order valence-electron chi connectivity index (χ0n) is 24.6. The predicted octanol–water partition coefficient (Wildman–Crippen LogP) is 5.85. The molecule has 0 saturated carbocycles. The van der Waals surface area contributed by atoms with Crippen molar-refractivity contribution in [1.82, 2.24) is 25.2 Å². The quantitative estimate of drug-likeness (QED) is 0.173. The van der Waals surface area contributed by atoms with Gasteiger partial charge in [0.15, 0.2) is 5.78 Å². The molecule has 0 radical (unpaired) electrons. The Bertz CT molecular complexity index is 1700. The second kappa shape index (κ2) is 13.8. The lowest BCUT2D eigenvalue weighted by atomic mass is 9.89. The number of imidazole rings is 1. The smallest absolute Gasteiger partial charge is 0.223 e. The fraction of sp³-hybridized carbons (Fsp3) is 0.257. The second-order valence-electron chi connectivity index (χ2n) is 11.0. The summed E-state index contributed by atoms with van der Waals surface area (Å²) < 4.78 is 8.24. The summed E-state index contributed by atoms with van der Waals surface area (Å²) in [7, 11) is 1.61. The molecule has 0 aliphatic carbocycles. The predicted molar refractivity (Wildman–Crippen MR) is 172 cm³/mol. The number of fused-ring (bicyclic) bond motifs is 1. The Labute approximate surface area is 261 Å². The van der Waals surface area contributed by atoms with Crippen LogP contribution in [-0.2, 0) is 24.3 Å². The number of Topliss-reactive ketones (excluding diaryl/α,β-unsaturated/α-hetero) is 1. The molecule has 1 aliphatic rings. The first-order chi connectivity index (χ1) is 21.6. The van der Waals surface area contributed by atoms with Gasteiger partial charge < -0.3 is 19.9 Å². The van der Waals surface area contributed by atoms with Crippen LogP contribution >= 0.6 is 11.3 Å². The number of hydrogen-bond donors (Lipinski definition) is 2. The van der Waals surface area contributed by atoms with Crippen LogP contribution in [-0.4, -0.2) is 39.9 Å². The molecule has 5 aromatic rings.